The van der Waals surface area contributed by atoms with Gasteiger partial charge in [0.15, 0.2) is 11.5 Å². The van der Waals surface area contributed by atoms with Crippen LogP contribution in [0.5, 0.6) is 11.5 Å². The number of fused-ring (bicyclic) bond motifs is 2. The second-order valence-corrected chi connectivity index (χ2v) is 10.2. The van der Waals surface area contributed by atoms with Crippen LogP contribution in [0.15, 0.2) is 42.5 Å². The molecule has 1 N–H and O–H groups in total. The van der Waals surface area contributed by atoms with Crippen molar-refractivity contribution in [2.75, 3.05) is 32.8 Å². The van der Waals surface area contributed by atoms with E-state index >= 15 is 0 Å². The van der Waals surface area contributed by atoms with E-state index in [-0.39, 0.29) is 11.9 Å². The number of hydrogen-bond acceptors (Lipinski definition) is 6. The summed E-state index contributed by atoms with van der Waals surface area (Å²) < 4.78 is 12.6. The number of piperidine rings is 1. The Morgan fingerprint density at radius 1 is 1.12 bits per heavy atom. The predicted octanol–water partition coefficient (Wildman–Crippen LogP) is 4.76. The van der Waals surface area contributed by atoms with Crippen molar-refractivity contribution in [3.63, 3.8) is 0 Å². The highest BCUT2D eigenvalue weighted by molar-refractivity contribution is 7.18. The maximum Gasteiger partial charge on any atom is 0.236 e. The molecule has 1 saturated heterocycles. The molecule has 33 heavy (non-hydrogen) atoms. The summed E-state index contributed by atoms with van der Waals surface area (Å²) in [5.41, 5.74) is 2.20. The molecule has 6 nitrogen and oxygen atoms in total. The number of amides is 1. The number of nitrogens with one attached hydrogen (secondary N) is 1. The number of carbonyl (C=O) groups is 1. The summed E-state index contributed by atoms with van der Waals surface area (Å²) in [5.74, 6) is 2.53. The van der Waals surface area contributed by atoms with Gasteiger partial charge in [0.05, 0.1) is 21.8 Å². The molecule has 1 aromatic heterocycles. The van der Waals surface area contributed by atoms with Crippen LogP contribution in [0.3, 0.4) is 0 Å². The molecule has 0 bridgehead atoms. The number of ether oxygens (including phenoxy) is 2. The Morgan fingerprint density at radius 2 is 1.88 bits per heavy atom. The van der Waals surface area contributed by atoms with Gasteiger partial charge in [-0.2, -0.15) is 0 Å². The molecular formula is C26H31N3O3S. The van der Waals surface area contributed by atoms with Crippen LogP contribution in [0.1, 0.15) is 49.2 Å². The third kappa shape index (κ3) is 4.84. The topological polar surface area (TPSA) is 63.7 Å². The molecular weight excluding hydrogens is 434 g/mol. The highest BCUT2D eigenvalue weighted by Crippen LogP contribution is 2.35. The third-order valence-electron chi connectivity index (χ3n) is 6.57. The van der Waals surface area contributed by atoms with Crippen LogP contribution in [0.4, 0.5) is 0 Å². The minimum Gasteiger partial charge on any atom is -0.486 e. The Labute approximate surface area is 198 Å². The van der Waals surface area contributed by atoms with Gasteiger partial charge >= 0.3 is 0 Å². The van der Waals surface area contributed by atoms with Gasteiger partial charge < -0.3 is 19.7 Å². The summed E-state index contributed by atoms with van der Waals surface area (Å²) in [6.45, 7) is 7.41. The molecule has 2 aliphatic heterocycles. The molecule has 2 aromatic carbocycles. The van der Waals surface area contributed by atoms with E-state index < -0.39 is 0 Å². The Hall–Kier alpha value is -2.64. The van der Waals surface area contributed by atoms with E-state index in [1.165, 1.54) is 9.71 Å². The van der Waals surface area contributed by atoms with Gasteiger partial charge in [0.25, 0.3) is 0 Å². The predicted molar refractivity (Wildman–Crippen MR) is 131 cm³/mol. The van der Waals surface area contributed by atoms with Crippen LogP contribution in [0.25, 0.3) is 10.2 Å². The molecule has 5 rings (SSSR count). The quantitative estimate of drug-likeness (QED) is 0.569. The van der Waals surface area contributed by atoms with Crippen LogP contribution >= 0.6 is 11.3 Å². The Morgan fingerprint density at radius 3 is 2.64 bits per heavy atom. The lowest BCUT2D eigenvalue weighted by molar-refractivity contribution is -0.131. The van der Waals surface area contributed by atoms with Gasteiger partial charge in [-0.3, -0.25) is 4.79 Å². The molecule has 3 heterocycles. The first-order valence-corrected chi connectivity index (χ1v) is 12.7. The fourth-order valence-corrected chi connectivity index (χ4v) is 5.88. The maximum atomic E-state index is 13.0. The molecule has 174 valence electrons. The first kappa shape index (κ1) is 22.2. The largest absolute Gasteiger partial charge is 0.486 e. The summed E-state index contributed by atoms with van der Waals surface area (Å²) in [4.78, 5) is 19.8. The van der Waals surface area contributed by atoms with Crippen LogP contribution in [0.2, 0.25) is 0 Å². The van der Waals surface area contributed by atoms with Crippen molar-refractivity contribution in [1.29, 1.82) is 0 Å². The standard InChI is InChI=1S/C26H31N3O3S/c1-17(2)25(19-7-8-21-22(15-19)32-14-13-31-21)27-16-24(30)29-11-9-18(10-12-29)26-28-20-5-3-4-6-23(20)33-26/h3-8,15,17-18,25,27H,9-14,16H2,1-2H3/t25-/m1/s1. The summed E-state index contributed by atoms with van der Waals surface area (Å²) in [7, 11) is 0. The average Bonchev–Trinajstić information content (AvgIpc) is 3.28. The first-order valence-electron chi connectivity index (χ1n) is 11.8. The van der Waals surface area contributed by atoms with Crippen LogP contribution in [-0.4, -0.2) is 48.6 Å². The number of likely N-dealkylation sites (tertiary alicyclic amines) is 1. The Bertz CT molecular complexity index is 1090. The molecule has 1 atom stereocenters. The fourth-order valence-electron chi connectivity index (χ4n) is 4.74. The average molecular weight is 466 g/mol. The molecule has 0 aliphatic carbocycles. The van der Waals surface area contributed by atoms with E-state index in [2.05, 4.69) is 43.4 Å². The number of thiazole rings is 1. The fraction of sp³-hybridized carbons (Fsp3) is 0.462. The van der Waals surface area contributed by atoms with Crippen molar-refractivity contribution in [3.05, 3.63) is 53.0 Å². The summed E-state index contributed by atoms with van der Waals surface area (Å²) in [6, 6.07) is 14.5. The zero-order valence-electron chi connectivity index (χ0n) is 19.3. The van der Waals surface area contributed by atoms with E-state index in [0.29, 0.717) is 31.6 Å². The lowest BCUT2D eigenvalue weighted by Gasteiger charge is -2.32. The van der Waals surface area contributed by atoms with Crippen molar-refractivity contribution in [2.24, 2.45) is 5.92 Å². The molecule has 0 saturated carbocycles. The maximum absolute atomic E-state index is 13.0. The van der Waals surface area contributed by atoms with E-state index in [4.69, 9.17) is 14.5 Å². The molecule has 0 spiro atoms. The van der Waals surface area contributed by atoms with Crippen molar-refractivity contribution >= 4 is 27.5 Å². The molecule has 1 amide bonds. The summed E-state index contributed by atoms with van der Waals surface area (Å²) >= 11 is 1.79. The minimum absolute atomic E-state index is 0.0741. The number of nitrogens with zero attached hydrogens (tertiary/aromatic N) is 2. The second kappa shape index (κ2) is 9.69. The van der Waals surface area contributed by atoms with E-state index in [9.17, 15) is 4.79 Å². The highest BCUT2D eigenvalue weighted by Gasteiger charge is 2.27. The first-order chi connectivity index (χ1) is 16.1. The van der Waals surface area contributed by atoms with Gasteiger partial charge in [-0.1, -0.05) is 32.0 Å². The Balaban J connectivity index is 1.17. The number of para-hydroxylation sites is 1. The lowest BCUT2D eigenvalue weighted by Crippen LogP contribution is -2.43. The lowest BCUT2D eigenvalue weighted by atomic mass is 9.95. The smallest absolute Gasteiger partial charge is 0.236 e. The van der Waals surface area contributed by atoms with Gasteiger partial charge in [-0.25, -0.2) is 4.98 Å². The number of benzene rings is 2. The van der Waals surface area contributed by atoms with Crippen molar-refractivity contribution < 1.29 is 14.3 Å². The Kier molecular flexibility index (Phi) is 6.51. The molecule has 3 aromatic rings. The highest BCUT2D eigenvalue weighted by atomic mass is 32.1. The van der Waals surface area contributed by atoms with Crippen molar-refractivity contribution in [2.45, 2.75) is 38.6 Å². The molecule has 2 aliphatic rings. The van der Waals surface area contributed by atoms with Crippen molar-refractivity contribution in [3.8, 4) is 11.5 Å². The number of rotatable bonds is 6. The second-order valence-electron chi connectivity index (χ2n) is 9.18. The zero-order chi connectivity index (χ0) is 22.8. The van der Waals surface area contributed by atoms with Crippen LogP contribution < -0.4 is 14.8 Å². The van der Waals surface area contributed by atoms with Gasteiger partial charge in [-0.15, -0.1) is 11.3 Å². The van der Waals surface area contributed by atoms with E-state index in [1.54, 1.807) is 11.3 Å². The van der Waals surface area contributed by atoms with E-state index in [1.807, 2.05) is 23.1 Å². The molecule has 0 radical (unpaired) electrons. The summed E-state index contributed by atoms with van der Waals surface area (Å²) in [6.07, 6.45) is 1.95. The monoisotopic (exact) mass is 465 g/mol. The number of aromatic nitrogens is 1. The van der Waals surface area contributed by atoms with Gasteiger partial charge in [-0.05, 0) is 48.6 Å². The van der Waals surface area contributed by atoms with Gasteiger partial charge in [0, 0.05) is 25.0 Å². The number of hydrogen-bond donors (Lipinski definition) is 1. The zero-order valence-corrected chi connectivity index (χ0v) is 20.1. The molecule has 1 fully saturated rings. The summed E-state index contributed by atoms with van der Waals surface area (Å²) in [5, 5.41) is 4.71. The van der Waals surface area contributed by atoms with Gasteiger partial charge in [0.2, 0.25) is 5.91 Å². The third-order valence-corrected chi connectivity index (χ3v) is 7.77. The van der Waals surface area contributed by atoms with Crippen molar-refractivity contribution in [1.82, 2.24) is 15.2 Å². The van der Waals surface area contributed by atoms with Crippen LogP contribution in [-0.2, 0) is 4.79 Å². The van der Waals surface area contributed by atoms with E-state index in [0.717, 1.165) is 48.5 Å². The van der Waals surface area contributed by atoms with Crippen LogP contribution in [0, 0.1) is 5.92 Å². The number of carbonyl (C=O) groups excluding carboxylic acids is 1. The molecule has 7 heteroatoms. The minimum atomic E-state index is 0.0741. The SMILES string of the molecule is CC(C)[C@@H](NCC(=O)N1CCC(c2nc3ccccc3s2)CC1)c1ccc2c(c1)OCCO2. The van der Waals surface area contributed by atoms with Gasteiger partial charge in [0.1, 0.15) is 13.2 Å². The normalized spacial score (nSPS) is 17.5. The molecule has 0 unspecified atom stereocenters.